The molecule has 1 aliphatic rings. The standard InChI is InChI=1S/C12H16OS/c1-14-12-8-3-2-5-10(12)9-6-4-7-11(9)13/h2-3,5,8-9,11,13H,4,6-7H2,1H3. The highest BCUT2D eigenvalue weighted by Crippen LogP contribution is 2.38. The molecule has 0 heterocycles. The van der Waals surface area contributed by atoms with Crippen LogP contribution in [0.15, 0.2) is 29.2 Å². The van der Waals surface area contributed by atoms with Gasteiger partial charge in [0.1, 0.15) is 0 Å². The van der Waals surface area contributed by atoms with E-state index in [-0.39, 0.29) is 6.10 Å². The topological polar surface area (TPSA) is 20.2 Å². The first-order chi connectivity index (χ1) is 6.83. The monoisotopic (exact) mass is 208 g/mol. The minimum absolute atomic E-state index is 0.122. The van der Waals surface area contributed by atoms with E-state index in [0.717, 1.165) is 19.3 Å². The van der Waals surface area contributed by atoms with Crippen molar-refractivity contribution in [2.75, 3.05) is 6.26 Å². The second-order valence-corrected chi connectivity index (χ2v) is 4.69. The smallest absolute Gasteiger partial charge is 0.0609 e. The summed E-state index contributed by atoms with van der Waals surface area (Å²) in [4.78, 5) is 1.32. The molecule has 1 aromatic carbocycles. The summed E-state index contributed by atoms with van der Waals surface area (Å²) >= 11 is 1.77. The van der Waals surface area contributed by atoms with Gasteiger partial charge in [-0.2, -0.15) is 0 Å². The Morgan fingerprint density at radius 1 is 1.29 bits per heavy atom. The van der Waals surface area contributed by atoms with Crippen molar-refractivity contribution in [1.82, 2.24) is 0 Å². The Morgan fingerprint density at radius 3 is 2.71 bits per heavy atom. The van der Waals surface area contributed by atoms with Crippen LogP contribution in [0.5, 0.6) is 0 Å². The Morgan fingerprint density at radius 2 is 2.07 bits per heavy atom. The molecule has 2 heteroatoms. The summed E-state index contributed by atoms with van der Waals surface area (Å²) < 4.78 is 0. The average Bonchev–Trinajstić information content (AvgIpc) is 2.64. The van der Waals surface area contributed by atoms with Crippen molar-refractivity contribution in [2.45, 2.75) is 36.2 Å². The molecule has 1 saturated carbocycles. The molecule has 76 valence electrons. The number of aliphatic hydroxyl groups excluding tert-OH is 1. The van der Waals surface area contributed by atoms with Crippen molar-refractivity contribution in [3.63, 3.8) is 0 Å². The number of aliphatic hydroxyl groups is 1. The molecule has 0 radical (unpaired) electrons. The molecule has 1 aliphatic carbocycles. The molecule has 1 nitrogen and oxygen atoms in total. The fraction of sp³-hybridized carbons (Fsp3) is 0.500. The van der Waals surface area contributed by atoms with Crippen molar-refractivity contribution in [3.8, 4) is 0 Å². The number of hydrogen-bond donors (Lipinski definition) is 1. The fourth-order valence-corrected chi connectivity index (χ4v) is 2.95. The third kappa shape index (κ3) is 1.82. The second kappa shape index (κ2) is 4.37. The summed E-state index contributed by atoms with van der Waals surface area (Å²) in [5, 5.41) is 9.85. The molecule has 1 N–H and O–H groups in total. The van der Waals surface area contributed by atoms with Gasteiger partial charge in [0.25, 0.3) is 0 Å². The number of benzene rings is 1. The van der Waals surface area contributed by atoms with Crippen LogP contribution in [-0.2, 0) is 0 Å². The van der Waals surface area contributed by atoms with E-state index in [9.17, 15) is 5.11 Å². The molecule has 0 spiro atoms. The Bertz CT molecular complexity index is 311. The summed E-state index contributed by atoms with van der Waals surface area (Å²) in [5.41, 5.74) is 1.34. The average molecular weight is 208 g/mol. The zero-order valence-corrected chi connectivity index (χ0v) is 9.26. The lowest BCUT2D eigenvalue weighted by atomic mass is 9.96. The zero-order valence-electron chi connectivity index (χ0n) is 8.44. The number of thioether (sulfide) groups is 1. The Hall–Kier alpha value is -0.470. The number of rotatable bonds is 2. The van der Waals surface area contributed by atoms with E-state index in [0.29, 0.717) is 5.92 Å². The molecule has 14 heavy (non-hydrogen) atoms. The molecule has 0 aliphatic heterocycles. The van der Waals surface area contributed by atoms with Crippen LogP contribution in [0.2, 0.25) is 0 Å². The van der Waals surface area contributed by atoms with Gasteiger partial charge in [-0.3, -0.25) is 0 Å². The maximum Gasteiger partial charge on any atom is 0.0609 e. The van der Waals surface area contributed by atoms with Crippen molar-refractivity contribution < 1.29 is 5.11 Å². The van der Waals surface area contributed by atoms with Crippen molar-refractivity contribution >= 4 is 11.8 Å². The quantitative estimate of drug-likeness (QED) is 0.754. The van der Waals surface area contributed by atoms with Gasteiger partial charge in [0, 0.05) is 10.8 Å². The highest BCUT2D eigenvalue weighted by atomic mass is 32.2. The van der Waals surface area contributed by atoms with E-state index in [1.165, 1.54) is 10.5 Å². The molecular weight excluding hydrogens is 192 g/mol. The molecule has 2 unspecified atom stereocenters. The molecule has 1 aromatic rings. The third-order valence-corrected chi connectivity index (χ3v) is 3.83. The van der Waals surface area contributed by atoms with Crippen molar-refractivity contribution in [2.24, 2.45) is 0 Å². The van der Waals surface area contributed by atoms with Crippen LogP contribution in [0.4, 0.5) is 0 Å². The lowest BCUT2D eigenvalue weighted by Crippen LogP contribution is -2.11. The minimum Gasteiger partial charge on any atom is -0.392 e. The maximum atomic E-state index is 9.85. The van der Waals surface area contributed by atoms with Gasteiger partial charge in [-0.1, -0.05) is 24.6 Å². The highest BCUT2D eigenvalue weighted by molar-refractivity contribution is 7.98. The van der Waals surface area contributed by atoms with Crippen LogP contribution >= 0.6 is 11.8 Å². The summed E-state index contributed by atoms with van der Waals surface area (Å²) in [7, 11) is 0. The first kappa shape index (κ1) is 10.1. The fourth-order valence-electron chi connectivity index (χ4n) is 2.28. The molecule has 0 amide bonds. The second-order valence-electron chi connectivity index (χ2n) is 3.85. The van der Waals surface area contributed by atoms with E-state index in [4.69, 9.17) is 0 Å². The predicted molar refractivity (Wildman–Crippen MR) is 60.8 cm³/mol. The van der Waals surface area contributed by atoms with E-state index in [1.54, 1.807) is 11.8 Å². The lowest BCUT2D eigenvalue weighted by molar-refractivity contribution is 0.163. The van der Waals surface area contributed by atoms with Crippen LogP contribution < -0.4 is 0 Å². The van der Waals surface area contributed by atoms with Gasteiger partial charge >= 0.3 is 0 Å². The van der Waals surface area contributed by atoms with Gasteiger partial charge in [-0.05, 0) is 30.7 Å². The summed E-state index contributed by atoms with van der Waals surface area (Å²) in [6.45, 7) is 0. The van der Waals surface area contributed by atoms with E-state index in [2.05, 4.69) is 30.5 Å². The van der Waals surface area contributed by atoms with E-state index in [1.807, 2.05) is 0 Å². The SMILES string of the molecule is CSc1ccccc1C1CCCC1O. The van der Waals surface area contributed by atoms with E-state index >= 15 is 0 Å². The maximum absolute atomic E-state index is 9.85. The summed E-state index contributed by atoms with van der Waals surface area (Å²) in [6.07, 6.45) is 5.24. The zero-order chi connectivity index (χ0) is 9.97. The summed E-state index contributed by atoms with van der Waals surface area (Å²) in [6, 6.07) is 8.44. The molecule has 0 aromatic heterocycles. The van der Waals surface area contributed by atoms with Gasteiger partial charge < -0.3 is 5.11 Å². The van der Waals surface area contributed by atoms with Gasteiger partial charge in [-0.25, -0.2) is 0 Å². The van der Waals surface area contributed by atoms with Crippen LogP contribution in [-0.4, -0.2) is 17.5 Å². The largest absolute Gasteiger partial charge is 0.392 e. The molecule has 0 bridgehead atoms. The van der Waals surface area contributed by atoms with Gasteiger partial charge in [-0.15, -0.1) is 11.8 Å². The van der Waals surface area contributed by atoms with Crippen molar-refractivity contribution in [3.05, 3.63) is 29.8 Å². The van der Waals surface area contributed by atoms with Crippen LogP contribution in [0.25, 0.3) is 0 Å². The van der Waals surface area contributed by atoms with Gasteiger partial charge in [0.05, 0.1) is 6.10 Å². The highest BCUT2D eigenvalue weighted by Gasteiger charge is 2.27. The lowest BCUT2D eigenvalue weighted by Gasteiger charge is -2.17. The molecular formula is C12H16OS. The first-order valence-corrected chi connectivity index (χ1v) is 6.36. The molecule has 1 fully saturated rings. The van der Waals surface area contributed by atoms with Crippen LogP contribution in [0.1, 0.15) is 30.7 Å². The molecule has 2 rings (SSSR count). The van der Waals surface area contributed by atoms with Gasteiger partial charge in [0.15, 0.2) is 0 Å². The molecule has 2 atom stereocenters. The van der Waals surface area contributed by atoms with E-state index < -0.39 is 0 Å². The normalized spacial score (nSPS) is 26.7. The Labute approximate surface area is 89.5 Å². The minimum atomic E-state index is -0.122. The van der Waals surface area contributed by atoms with Crippen molar-refractivity contribution in [1.29, 1.82) is 0 Å². The third-order valence-electron chi connectivity index (χ3n) is 3.02. The van der Waals surface area contributed by atoms with Crippen LogP contribution in [0.3, 0.4) is 0 Å². The predicted octanol–water partition coefficient (Wildman–Crippen LogP) is 3.04. The first-order valence-electron chi connectivity index (χ1n) is 5.14. The van der Waals surface area contributed by atoms with Crippen LogP contribution in [0, 0.1) is 0 Å². The Kier molecular flexibility index (Phi) is 3.14. The Balaban J connectivity index is 2.30. The number of hydrogen-bond acceptors (Lipinski definition) is 2. The molecule has 0 saturated heterocycles. The summed E-state index contributed by atoms with van der Waals surface area (Å²) in [5.74, 6) is 0.374. The van der Waals surface area contributed by atoms with Gasteiger partial charge in [0.2, 0.25) is 0 Å².